The molecule has 0 spiro atoms. The van der Waals surface area contributed by atoms with Gasteiger partial charge < -0.3 is 14.8 Å². The highest BCUT2D eigenvalue weighted by molar-refractivity contribution is 7.92. The molecule has 0 radical (unpaired) electrons. The number of methoxy groups -OCH3 is 2. The lowest BCUT2D eigenvalue weighted by Gasteiger charge is -2.25. The van der Waals surface area contributed by atoms with Gasteiger partial charge >= 0.3 is 0 Å². The normalized spacial score (nSPS) is 11.1. The number of benzene rings is 4. The smallest absolute Gasteiger partial charge is 0.264 e. The molecule has 0 heterocycles. The van der Waals surface area contributed by atoms with Gasteiger partial charge in [0.05, 0.1) is 24.8 Å². The minimum Gasteiger partial charge on any atom is -0.497 e. The van der Waals surface area contributed by atoms with Crippen molar-refractivity contribution in [3.63, 3.8) is 0 Å². The molecule has 0 aliphatic carbocycles. The first-order valence-corrected chi connectivity index (χ1v) is 12.0. The molecule has 4 aromatic rings. The van der Waals surface area contributed by atoms with Crippen molar-refractivity contribution in [1.29, 1.82) is 0 Å². The topological polar surface area (TPSA) is 84.9 Å². The zero-order chi connectivity index (χ0) is 24.1. The third-order valence-electron chi connectivity index (χ3n) is 5.35. The Kier molecular flexibility index (Phi) is 6.70. The van der Waals surface area contributed by atoms with E-state index in [4.69, 9.17) is 9.47 Å². The largest absolute Gasteiger partial charge is 0.497 e. The number of nitrogens with zero attached hydrogens (tertiary/aromatic N) is 1. The molecule has 0 bridgehead atoms. The molecular formula is C26H24N2O5S. The van der Waals surface area contributed by atoms with Crippen LogP contribution in [0.25, 0.3) is 10.8 Å². The number of sulfonamides is 1. The van der Waals surface area contributed by atoms with Gasteiger partial charge in [-0.2, -0.15) is 0 Å². The fourth-order valence-corrected chi connectivity index (χ4v) is 5.10. The van der Waals surface area contributed by atoms with E-state index in [9.17, 15) is 13.2 Å². The number of fused-ring (bicyclic) bond motifs is 1. The maximum Gasteiger partial charge on any atom is 0.264 e. The Morgan fingerprint density at radius 2 is 1.50 bits per heavy atom. The molecule has 174 valence electrons. The van der Waals surface area contributed by atoms with Crippen LogP contribution in [0.4, 0.5) is 11.4 Å². The number of anilines is 2. The standard InChI is InChI=1S/C26H24N2O5S/c1-32-20-14-16-21(17-15-20)34(30,31)28(24-12-5-6-13-25(24)33-2)18-26(29)27-23-11-7-9-19-8-3-4-10-22(19)23/h3-17H,18H2,1-2H3,(H,27,29). The number of carbonyl (C=O) groups excluding carboxylic acids is 1. The van der Waals surface area contributed by atoms with Crippen LogP contribution in [0.5, 0.6) is 11.5 Å². The minimum atomic E-state index is -4.10. The van der Waals surface area contributed by atoms with Crippen molar-refractivity contribution in [1.82, 2.24) is 0 Å². The predicted molar refractivity (Wildman–Crippen MR) is 133 cm³/mol. The zero-order valence-corrected chi connectivity index (χ0v) is 19.6. The number of hydrogen-bond acceptors (Lipinski definition) is 5. The predicted octanol–water partition coefficient (Wildman–Crippen LogP) is 4.69. The maximum atomic E-state index is 13.7. The van der Waals surface area contributed by atoms with E-state index in [1.54, 1.807) is 42.5 Å². The summed E-state index contributed by atoms with van der Waals surface area (Å²) in [5.74, 6) is 0.369. The summed E-state index contributed by atoms with van der Waals surface area (Å²) >= 11 is 0. The summed E-state index contributed by atoms with van der Waals surface area (Å²) in [4.78, 5) is 13.2. The van der Waals surface area contributed by atoms with Crippen LogP contribution in [0.2, 0.25) is 0 Å². The Morgan fingerprint density at radius 3 is 2.24 bits per heavy atom. The van der Waals surface area contributed by atoms with Crippen molar-refractivity contribution in [2.45, 2.75) is 4.90 Å². The van der Waals surface area contributed by atoms with E-state index in [0.717, 1.165) is 15.1 Å². The molecule has 34 heavy (non-hydrogen) atoms. The van der Waals surface area contributed by atoms with Crippen molar-refractivity contribution in [2.75, 3.05) is 30.4 Å². The Bertz CT molecular complexity index is 1410. The van der Waals surface area contributed by atoms with Crippen LogP contribution in [0.1, 0.15) is 0 Å². The Hall–Kier alpha value is -4.04. The Morgan fingerprint density at radius 1 is 0.824 bits per heavy atom. The molecule has 0 saturated heterocycles. The van der Waals surface area contributed by atoms with Gasteiger partial charge in [0.25, 0.3) is 10.0 Å². The quantitative estimate of drug-likeness (QED) is 0.399. The van der Waals surface area contributed by atoms with E-state index in [2.05, 4.69) is 5.32 Å². The average Bonchev–Trinajstić information content (AvgIpc) is 2.87. The lowest BCUT2D eigenvalue weighted by atomic mass is 10.1. The van der Waals surface area contributed by atoms with E-state index in [-0.39, 0.29) is 10.6 Å². The van der Waals surface area contributed by atoms with E-state index < -0.39 is 22.5 Å². The molecule has 0 saturated carbocycles. The summed E-state index contributed by atoms with van der Waals surface area (Å²) in [6, 6.07) is 25.9. The SMILES string of the molecule is COc1ccc(S(=O)(=O)N(CC(=O)Nc2cccc3ccccc23)c2ccccc2OC)cc1. The summed E-state index contributed by atoms with van der Waals surface area (Å²) in [5.41, 5.74) is 0.860. The van der Waals surface area contributed by atoms with Gasteiger partial charge in [0.15, 0.2) is 0 Å². The minimum absolute atomic E-state index is 0.0252. The molecule has 0 aliphatic heterocycles. The summed E-state index contributed by atoms with van der Waals surface area (Å²) < 4.78 is 38.9. The molecule has 4 rings (SSSR count). The van der Waals surface area contributed by atoms with Crippen molar-refractivity contribution < 1.29 is 22.7 Å². The first-order chi connectivity index (χ1) is 16.4. The van der Waals surface area contributed by atoms with Gasteiger partial charge in [-0.25, -0.2) is 8.42 Å². The highest BCUT2D eigenvalue weighted by atomic mass is 32.2. The Balaban J connectivity index is 1.71. The summed E-state index contributed by atoms with van der Waals surface area (Å²) in [6.07, 6.45) is 0. The summed E-state index contributed by atoms with van der Waals surface area (Å²) in [7, 11) is -1.15. The molecule has 1 amide bonds. The second kappa shape index (κ2) is 9.84. The Labute approximate surface area is 198 Å². The van der Waals surface area contributed by atoms with Crippen LogP contribution in [-0.2, 0) is 14.8 Å². The first-order valence-electron chi connectivity index (χ1n) is 10.5. The monoisotopic (exact) mass is 476 g/mol. The lowest BCUT2D eigenvalue weighted by molar-refractivity contribution is -0.114. The number of amides is 1. The molecule has 1 N–H and O–H groups in total. The molecule has 0 fully saturated rings. The van der Waals surface area contributed by atoms with Crippen LogP contribution in [0.15, 0.2) is 95.9 Å². The first kappa shape index (κ1) is 23.1. The zero-order valence-electron chi connectivity index (χ0n) is 18.8. The van der Waals surface area contributed by atoms with Gasteiger partial charge in [-0.05, 0) is 47.9 Å². The number of carbonyl (C=O) groups is 1. The molecule has 0 aliphatic rings. The third kappa shape index (κ3) is 4.67. The van der Waals surface area contributed by atoms with E-state index in [1.807, 2.05) is 36.4 Å². The number of rotatable bonds is 8. The number of nitrogens with one attached hydrogen (secondary N) is 1. The van der Waals surface area contributed by atoms with Gasteiger partial charge in [0.2, 0.25) is 5.91 Å². The fraction of sp³-hybridized carbons (Fsp3) is 0.115. The van der Waals surface area contributed by atoms with Crippen LogP contribution in [-0.4, -0.2) is 35.1 Å². The van der Waals surface area contributed by atoms with Crippen molar-refractivity contribution in [3.05, 3.63) is 91.0 Å². The molecule has 4 aromatic carbocycles. The molecule has 0 atom stereocenters. The van der Waals surface area contributed by atoms with E-state index in [0.29, 0.717) is 17.2 Å². The number of para-hydroxylation sites is 2. The third-order valence-corrected chi connectivity index (χ3v) is 7.13. The molecule has 0 unspecified atom stereocenters. The van der Waals surface area contributed by atoms with Gasteiger partial charge in [-0.1, -0.05) is 48.5 Å². The highest BCUT2D eigenvalue weighted by Crippen LogP contribution is 2.33. The van der Waals surface area contributed by atoms with Crippen LogP contribution >= 0.6 is 0 Å². The fourth-order valence-electron chi connectivity index (χ4n) is 3.66. The number of ether oxygens (including phenoxy) is 2. The molecule has 7 nitrogen and oxygen atoms in total. The van der Waals surface area contributed by atoms with E-state index in [1.165, 1.54) is 26.4 Å². The molecule has 0 aromatic heterocycles. The van der Waals surface area contributed by atoms with Crippen molar-refractivity contribution in [2.24, 2.45) is 0 Å². The maximum absolute atomic E-state index is 13.7. The van der Waals surface area contributed by atoms with Crippen LogP contribution in [0.3, 0.4) is 0 Å². The van der Waals surface area contributed by atoms with Gasteiger partial charge in [-0.15, -0.1) is 0 Å². The van der Waals surface area contributed by atoms with Gasteiger partial charge in [0.1, 0.15) is 18.0 Å². The highest BCUT2D eigenvalue weighted by Gasteiger charge is 2.29. The van der Waals surface area contributed by atoms with Crippen molar-refractivity contribution >= 4 is 38.1 Å². The molecule has 8 heteroatoms. The summed E-state index contributed by atoms with van der Waals surface area (Å²) in [6.45, 7) is -0.446. The molecular weight excluding hydrogens is 452 g/mol. The van der Waals surface area contributed by atoms with Crippen LogP contribution in [0, 0.1) is 0 Å². The number of hydrogen-bond donors (Lipinski definition) is 1. The van der Waals surface area contributed by atoms with Gasteiger partial charge in [0, 0.05) is 11.1 Å². The van der Waals surface area contributed by atoms with Crippen LogP contribution < -0.4 is 19.1 Å². The van der Waals surface area contributed by atoms with Gasteiger partial charge in [-0.3, -0.25) is 9.10 Å². The second-order valence-electron chi connectivity index (χ2n) is 7.43. The summed E-state index contributed by atoms with van der Waals surface area (Å²) in [5, 5.41) is 4.69. The van der Waals surface area contributed by atoms with E-state index >= 15 is 0 Å². The lowest BCUT2D eigenvalue weighted by Crippen LogP contribution is -2.38. The second-order valence-corrected chi connectivity index (χ2v) is 9.30. The average molecular weight is 477 g/mol. The van der Waals surface area contributed by atoms with Crippen molar-refractivity contribution in [3.8, 4) is 11.5 Å².